The highest BCUT2D eigenvalue weighted by molar-refractivity contribution is 6.32. The zero-order valence-electron chi connectivity index (χ0n) is 11.3. The smallest absolute Gasteiger partial charge is 0.165 e. The van der Waals surface area contributed by atoms with Gasteiger partial charge in [-0.3, -0.25) is 0 Å². The molecule has 4 heteroatoms. The van der Waals surface area contributed by atoms with Gasteiger partial charge in [-0.15, -0.1) is 0 Å². The second kappa shape index (κ2) is 4.32. The summed E-state index contributed by atoms with van der Waals surface area (Å²) in [7, 11) is 1.54. The molecule has 3 nitrogen and oxygen atoms in total. The van der Waals surface area contributed by atoms with E-state index in [0.29, 0.717) is 10.8 Å². The van der Waals surface area contributed by atoms with Gasteiger partial charge in [0.2, 0.25) is 0 Å². The molecule has 0 saturated heterocycles. The van der Waals surface area contributed by atoms with E-state index in [-0.39, 0.29) is 17.2 Å². The van der Waals surface area contributed by atoms with Gasteiger partial charge in [-0.1, -0.05) is 11.6 Å². The highest BCUT2D eigenvalue weighted by Crippen LogP contribution is 2.57. The van der Waals surface area contributed by atoms with Gasteiger partial charge in [0.1, 0.15) is 0 Å². The number of halogens is 1. The molecular formula is C14H20ClNO2. The molecule has 3 N–H and O–H groups in total. The molecule has 1 atom stereocenters. The molecular weight excluding hydrogens is 250 g/mol. The molecule has 0 aromatic heterocycles. The zero-order valence-corrected chi connectivity index (χ0v) is 12.1. The molecule has 2 rings (SSSR count). The first-order valence-electron chi connectivity index (χ1n) is 6.18. The lowest BCUT2D eigenvalue weighted by molar-refractivity contribution is 0.362. The van der Waals surface area contributed by atoms with Crippen molar-refractivity contribution in [3.05, 3.63) is 21.7 Å². The molecule has 1 aliphatic rings. The molecule has 100 valence electrons. The Morgan fingerprint density at radius 2 is 1.89 bits per heavy atom. The van der Waals surface area contributed by atoms with Crippen molar-refractivity contribution in [2.75, 3.05) is 7.11 Å². The number of ether oxygens (including phenoxy) is 1. The maximum atomic E-state index is 10.5. The third kappa shape index (κ3) is 1.69. The van der Waals surface area contributed by atoms with Crippen molar-refractivity contribution in [1.82, 2.24) is 0 Å². The van der Waals surface area contributed by atoms with Crippen LogP contribution in [0.1, 0.15) is 36.5 Å². The number of aromatic hydroxyl groups is 1. The molecule has 0 amide bonds. The summed E-state index contributed by atoms with van der Waals surface area (Å²) >= 11 is 6.35. The summed E-state index contributed by atoms with van der Waals surface area (Å²) in [6.45, 7) is 5.77. The minimum Gasteiger partial charge on any atom is -0.504 e. The molecule has 1 aromatic carbocycles. The Bertz CT molecular complexity index is 493. The standard InChI is InChI=1S/C14H20ClNO2/c1-7-10(14(5-6-14)9(3)16)12(17)13(18-4)8(2)11(7)15/h9,17H,5-6,16H2,1-4H3. The third-order valence-electron chi connectivity index (χ3n) is 4.19. The first-order valence-corrected chi connectivity index (χ1v) is 6.56. The number of hydrogen-bond acceptors (Lipinski definition) is 3. The molecule has 1 aliphatic carbocycles. The maximum Gasteiger partial charge on any atom is 0.165 e. The van der Waals surface area contributed by atoms with Crippen molar-refractivity contribution in [1.29, 1.82) is 0 Å². The fourth-order valence-electron chi connectivity index (χ4n) is 2.89. The number of hydrogen-bond donors (Lipinski definition) is 2. The van der Waals surface area contributed by atoms with Crippen LogP contribution in [0.15, 0.2) is 0 Å². The van der Waals surface area contributed by atoms with E-state index in [2.05, 4.69) is 0 Å². The Morgan fingerprint density at radius 3 is 2.28 bits per heavy atom. The van der Waals surface area contributed by atoms with Gasteiger partial charge < -0.3 is 15.6 Å². The van der Waals surface area contributed by atoms with E-state index >= 15 is 0 Å². The SMILES string of the molecule is COc1c(C)c(Cl)c(C)c(C2(C(C)N)CC2)c1O. The number of methoxy groups -OCH3 is 1. The molecule has 0 heterocycles. The minimum absolute atomic E-state index is 0.00872. The zero-order chi connectivity index (χ0) is 13.7. The van der Waals surface area contributed by atoms with Gasteiger partial charge in [0, 0.05) is 22.6 Å². The van der Waals surface area contributed by atoms with Crippen LogP contribution in [-0.4, -0.2) is 18.3 Å². The average Bonchev–Trinajstić information content (AvgIpc) is 3.09. The van der Waals surface area contributed by atoms with Crippen LogP contribution in [0.3, 0.4) is 0 Å². The van der Waals surface area contributed by atoms with Crippen LogP contribution in [0.2, 0.25) is 5.02 Å². The Balaban J connectivity index is 2.72. The molecule has 0 radical (unpaired) electrons. The van der Waals surface area contributed by atoms with Crippen LogP contribution < -0.4 is 10.5 Å². The molecule has 1 unspecified atom stereocenters. The van der Waals surface area contributed by atoms with Gasteiger partial charge >= 0.3 is 0 Å². The molecule has 18 heavy (non-hydrogen) atoms. The van der Waals surface area contributed by atoms with E-state index in [1.165, 1.54) is 0 Å². The third-order valence-corrected chi connectivity index (χ3v) is 4.76. The molecule has 0 bridgehead atoms. The van der Waals surface area contributed by atoms with Crippen LogP contribution in [0.4, 0.5) is 0 Å². The van der Waals surface area contributed by atoms with Gasteiger partial charge in [0.05, 0.1) is 12.1 Å². The van der Waals surface area contributed by atoms with Crippen molar-refractivity contribution < 1.29 is 9.84 Å². The van der Waals surface area contributed by atoms with E-state index in [1.54, 1.807) is 7.11 Å². The summed E-state index contributed by atoms with van der Waals surface area (Å²) < 4.78 is 5.28. The topological polar surface area (TPSA) is 55.5 Å². The Labute approximate surface area is 113 Å². The highest BCUT2D eigenvalue weighted by Gasteiger charge is 2.50. The molecule has 0 spiro atoms. The van der Waals surface area contributed by atoms with Gasteiger partial charge in [-0.25, -0.2) is 0 Å². The van der Waals surface area contributed by atoms with Crippen LogP contribution in [0.5, 0.6) is 11.5 Å². The van der Waals surface area contributed by atoms with E-state index in [1.807, 2.05) is 20.8 Å². The molecule has 0 aliphatic heterocycles. The van der Waals surface area contributed by atoms with Gasteiger partial charge in [-0.2, -0.15) is 0 Å². The summed E-state index contributed by atoms with van der Waals surface area (Å²) in [4.78, 5) is 0. The van der Waals surface area contributed by atoms with Crippen molar-refractivity contribution in [3.8, 4) is 11.5 Å². The quantitative estimate of drug-likeness (QED) is 0.887. The van der Waals surface area contributed by atoms with E-state index in [0.717, 1.165) is 29.5 Å². The number of phenolic OH excluding ortho intramolecular Hbond substituents is 1. The fourth-order valence-corrected chi connectivity index (χ4v) is 3.07. The predicted octanol–water partition coefficient (Wildman–Crippen LogP) is 3.05. The van der Waals surface area contributed by atoms with E-state index < -0.39 is 0 Å². The van der Waals surface area contributed by atoms with Gasteiger partial charge in [0.25, 0.3) is 0 Å². The van der Waals surface area contributed by atoms with E-state index in [4.69, 9.17) is 22.1 Å². The van der Waals surface area contributed by atoms with Gasteiger partial charge in [-0.05, 0) is 39.2 Å². The highest BCUT2D eigenvalue weighted by atomic mass is 35.5. The summed E-state index contributed by atoms with van der Waals surface area (Å²) in [5.74, 6) is 0.666. The number of rotatable bonds is 3. The van der Waals surface area contributed by atoms with E-state index in [9.17, 15) is 5.11 Å². The van der Waals surface area contributed by atoms with Gasteiger partial charge in [0.15, 0.2) is 11.5 Å². The Morgan fingerprint density at radius 1 is 1.33 bits per heavy atom. The van der Waals surface area contributed by atoms with Crippen molar-refractivity contribution in [2.24, 2.45) is 5.73 Å². The number of phenols is 1. The largest absolute Gasteiger partial charge is 0.504 e. The molecule has 1 aromatic rings. The fraction of sp³-hybridized carbons (Fsp3) is 0.571. The lowest BCUT2D eigenvalue weighted by atomic mass is 9.84. The Kier molecular flexibility index (Phi) is 3.24. The first kappa shape index (κ1) is 13.5. The van der Waals surface area contributed by atoms with Crippen molar-refractivity contribution in [3.63, 3.8) is 0 Å². The summed E-state index contributed by atoms with van der Waals surface area (Å²) in [6.07, 6.45) is 1.98. The monoisotopic (exact) mass is 269 g/mol. The molecule has 1 saturated carbocycles. The summed E-state index contributed by atoms with van der Waals surface area (Å²) in [5.41, 5.74) is 8.51. The second-order valence-corrected chi connectivity index (χ2v) is 5.64. The lowest BCUT2D eigenvalue weighted by Crippen LogP contribution is -2.32. The number of benzene rings is 1. The first-order chi connectivity index (χ1) is 8.36. The maximum absolute atomic E-state index is 10.5. The Hall–Kier alpha value is -0.930. The van der Waals surface area contributed by atoms with Crippen LogP contribution in [0, 0.1) is 13.8 Å². The minimum atomic E-state index is -0.140. The lowest BCUT2D eigenvalue weighted by Gasteiger charge is -2.26. The second-order valence-electron chi connectivity index (χ2n) is 5.27. The normalized spacial score (nSPS) is 18.6. The van der Waals surface area contributed by atoms with Crippen molar-refractivity contribution in [2.45, 2.75) is 45.1 Å². The average molecular weight is 270 g/mol. The van der Waals surface area contributed by atoms with Crippen molar-refractivity contribution >= 4 is 11.6 Å². The van der Waals surface area contributed by atoms with Crippen LogP contribution >= 0.6 is 11.6 Å². The predicted molar refractivity (Wildman–Crippen MR) is 73.7 cm³/mol. The van der Waals surface area contributed by atoms with Crippen LogP contribution in [-0.2, 0) is 5.41 Å². The summed E-state index contributed by atoms with van der Waals surface area (Å²) in [5, 5.41) is 11.1. The summed E-state index contributed by atoms with van der Waals surface area (Å²) in [6, 6.07) is -0.00872. The number of nitrogens with two attached hydrogens (primary N) is 1. The van der Waals surface area contributed by atoms with Crippen LogP contribution in [0.25, 0.3) is 0 Å². The molecule has 1 fully saturated rings.